The third kappa shape index (κ3) is 2.67. The van der Waals surface area contributed by atoms with Gasteiger partial charge in [0.2, 0.25) is 0 Å². The van der Waals surface area contributed by atoms with Crippen LogP contribution in [-0.2, 0) is 13.6 Å². The van der Waals surface area contributed by atoms with Gasteiger partial charge in [-0.05, 0) is 28.1 Å². The van der Waals surface area contributed by atoms with Crippen molar-refractivity contribution in [3.8, 4) is 0 Å². The second-order valence-electron chi connectivity index (χ2n) is 3.73. The van der Waals surface area contributed by atoms with E-state index in [4.69, 9.17) is 0 Å². The number of benzene rings is 1. The number of nitrogens with one attached hydrogen (secondary N) is 1. The van der Waals surface area contributed by atoms with Gasteiger partial charge in [0.15, 0.2) is 0 Å². The Morgan fingerprint density at radius 3 is 2.94 bits per heavy atom. The van der Waals surface area contributed by atoms with E-state index < -0.39 is 4.92 Å². The molecule has 0 aliphatic rings. The predicted molar refractivity (Wildman–Crippen MR) is 71.3 cm³/mol. The third-order valence-corrected chi connectivity index (χ3v) is 3.18. The summed E-state index contributed by atoms with van der Waals surface area (Å²) in [7, 11) is 1.90. The molecule has 94 valence electrons. The van der Waals surface area contributed by atoms with Gasteiger partial charge in [0, 0.05) is 31.2 Å². The number of anilines is 1. The highest BCUT2D eigenvalue weighted by atomic mass is 79.9. The van der Waals surface area contributed by atoms with Crippen molar-refractivity contribution >= 4 is 27.3 Å². The lowest BCUT2D eigenvalue weighted by atomic mass is 10.3. The molecule has 0 radical (unpaired) electrons. The number of nitro benzene ring substituents is 1. The second kappa shape index (κ2) is 5.18. The first-order chi connectivity index (χ1) is 8.58. The van der Waals surface area contributed by atoms with Crippen LogP contribution in [0.25, 0.3) is 0 Å². The van der Waals surface area contributed by atoms with Gasteiger partial charge in [0.1, 0.15) is 5.82 Å². The van der Waals surface area contributed by atoms with E-state index in [1.165, 1.54) is 6.07 Å². The van der Waals surface area contributed by atoms with Crippen molar-refractivity contribution in [1.29, 1.82) is 0 Å². The maximum Gasteiger partial charge on any atom is 0.285 e. The van der Waals surface area contributed by atoms with Crippen LogP contribution in [0.5, 0.6) is 0 Å². The van der Waals surface area contributed by atoms with E-state index in [2.05, 4.69) is 26.2 Å². The van der Waals surface area contributed by atoms with Crippen molar-refractivity contribution in [1.82, 2.24) is 9.55 Å². The maximum atomic E-state index is 10.8. The van der Waals surface area contributed by atoms with Crippen molar-refractivity contribution in [2.75, 3.05) is 5.32 Å². The Hall–Kier alpha value is -1.89. The highest BCUT2D eigenvalue weighted by Crippen LogP contribution is 2.27. The minimum Gasteiger partial charge on any atom is -0.378 e. The molecule has 0 spiro atoms. The molecular weight excluding hydrogens is 300 g/mol. The van der Waals surface area contributed by atoms with E-state index in [1.54, 1.807) is 18.3 Å². The van der Waals surface area contributed by atoms with Crippen molar-refractivity contribution in [3.05, 3.63) is 51.0 Å². The number of nitrogens with zero attached hydrogens (tertiary/aromatic N) is 3. The second-order valence-corrected chi connectivity index (χ2v) is 4.59. The van der Waals surface area contributed by atoms with Crippen LogP contribution < -0.4 is 5.32 Å². The fourth-order valence-corrected chi connectivity index (χ4v) is 1.90. The summed E-state index contributed by atoms with van der Waals surface area (Å²) in [6.45, 7) is 0.516. The molecule has 2 aromatic rings. The minimum atomic E-state index is -0.421. The van der Waals surface area contributed by atoms with E-state index in [0.717, 1.165) is 5.82 Å². The standard InChI is InChI=1S/C11H11BrN4O2/c1-15-5-4-13-11(15)7-14-8-2-3-9(12)10(6-8)16(17)18/h2-6,14H,7H2,1H3. The summed E-state index contributed by atoms with van der Waals surface area (Å²) in [4.78, 5) is 14.5. The third-order valence-electron chi connectivity index (χ3n) is 2.51. The number of rotatable bonds is 4. The van der Waals surface area contributed by atoms with Crippen molar-refractivity contribution in [2.24, 2.45) is 7.05 Å². The van der Waals surface area contributed by atoms with Gasteiger partial charge in [0.25, 0.3) is 5.69 Å². The van der Waals surface area contributed by atoms with E-state index in [-0.39, 0.29) is 5.69 Å². The Labute approximate surface area is 112 Å². The normalized spacial score (nSPS) is 10.3. The van der Waals surface area contributed by atoms with Gasteiger partial charge in [0.05, 0.1) is 15.9 Å². The zero-order valence-corrected chi connectivity index (χ0v) is 11.2. The van der Waals surface area contributed by atoms with Crippen LogP contribution in [0.4, 0.5) is 11.4 Å². The summed E-state index contributed by atoms with van der Waals surface area (Å²) >= 11 is 3.15. The number of halogens is 1. The Morgan fingerprint density at radius 1 is 1.56 bits per heavy atom. The maximum absolute atomic E-state index is 10.8. The van der Waals surface area contributed by atoms with E-state index >= 15 is 0 Å². The fourth-order valence-electron chi connectivity index (χ4n) is 1.51. The highest BCUT2D eigenvalue weighted by molar-refractivity contribution is 9.10. The molecule has 1 N–H and O–H groups in total. The molecule has 0 fully saturated rings. The Balaban J connectivity index is 2.13. The molecule has 1 aromatic carbocycles. The number of hydrogen-bond acceptors (Lipinski definition) is 4. The summed E-state index contributed by atoms with van der Waals surface area (Å²) in [6.07, 6.45) is 3.56. The molecule has 7 heteroatoms. The molecule has 0 amide bonds. The first-order valence-electron chi connectivity index (χ1n) is 5.22. The van der Waals surface area contributed by atoms with Gasteiger partial charge in [-0.1, -0.05) is 0 Å². The molecule has 0 saturated heterocycles. The lowest BCUT2D eigenvalue weighted by Crippen LogP contribution is -2.05. The number of aromatic nitrogens is 2. The molecule has 1 aromatic heterocycles. The Morgan fingerprint density at radius 2 is 2.33 bits per heavy atom. The first kappa shape index (κ1) is 12.6. The number of nitro groups is 1. The number of imidazole rings is 1. The van der Waals surface area contributed by atoms with Gasteiger partial charge in [-0.15, -0.1) is 0 Å². The van der Waals surface area contributed by atoms with Crippen LogP contribution in [0.3, 0.4) is 0 Å². The van der Waals surface area contributed by atoms with Gasteiger partial charge in [-0.2, -0.15) is 0 Å². The van der Waals surface area contributed by atoms with Crippen LogP contribution in [0.15, 0.2) is 35.1 Å². The molecule has 0 saturated carbocycles. The van der Waals surface area contributed by atoms with Crippen molar-refractivity contribution < 1.29 is 4.92 Å². The average Bonchev–Trinajstić information content (AvgIpc) is 2.73. The van der Waals surface area contributed by atoms with E-state index in [0.29, 0.717) is 16.7 Å². The smallest absolute Gasteiger partial charge is 0.285 e. The SMILES string of the molecule is Cn1ccnc1CNc1ccc(Br)c([N+](=O)[O-])c1. The Kier molecular flexibility index (Phi) is 3.61. The molecule has 0 aliphatic heterocycles. The van der Waals surface area contributed by atoms with Gasteiger partial charge in [-0.3, -0.25) is 10.1 Å². The zero-order valence-electron chi connectivity index (χ0n) is 9.63. The van der Waals surface area contributed by atoms with Crippen LogP contribution >= 0.6 is 15.9 Å². The number of aryl methyl sites for hydroxylation is 1. The minimum absolute atomic E-state index is 0.0415. The lowest BCUT2D eigenvalue weighted by molar-refractivity contribution is -0.385. The lowest BCUT2D eigenvalue weighted by Gasteiger charge is -2.06. The molecule has 0 bridgehead atoms. The van der Waals surface area contributed by atoms with E-state index in [1.807, 2.05) is 17.8 Å². The van der Waals surface area contributed by atoms with Crippen LogP contribution in [0, 0.1) is 10.1 Å². The van der Waals surface area contributed by atoms with Crippen LogP contribution in [0.2, 0.25) is 0 Å². The molecule has 18 heavy (non-hydrogen) atoms. The summed E-state index contributed by atoms with van der Waals surface area (Å²) < 4.78 is 2.36. The van der Waals surface area contributed by atoms with Gasteiger partial charge < -0.3 is 9.88 Å². The summed E-state index contributed by atoms with van der Waals surface area (Å²) in [5.41, 5.74) is 0.729. The molecule has 1 heterocycles. The largest absolute Gasteiger partial charge is 0.378 e. The molecule has 0 aliphatic carbocycles. The van der Waals surface area contributed by atoms with Crippen molar-refractivity contribution in [2.45, 2.75) is 6.54 Å². The molecule has 6 nitrogen and oxygen atoms in total. The summed E-state index contributed by atoms with van der Waals surface area (Å²) in [5.74, 6) is 0.862. The predicted octanol–water partition coefficient (Wildman–Crippen LogP) is 2.70. The zero-order chi connectivity index (χ0) is 13.1. The Bertz CT molecular complexity index is 582. The van der Waals surface area contributed by atoms with Gasteiger partial charge in [-0.25, -0.2) is 4.98 Å². The average molecular weight is 311 g/mol. The molecular formula is C11H11BrN4O2. The summed E-state index contributed by atoms with van der Waals surface area (Å²) in [6, 6.07) is 4.92. The van der Waals surface area contributed by atoms with Crippen LogP contribution in [-0.4, -0.2) is 14.5 Å². The van der Waals surface area contributed by atoms with Crippen molar-refractivity contribution in [3.63, 3.8) is 0 Å². The number of hydrogen-bond donors (Lipinski definition) is 1. The first-order valence-corrected chi connectivity index (χ1v) is 6.01. The quantitative estimate of drug-likeness (QED) is 0.696. The van der Waals surface area contributed by atoms with Crippen LogP contribution in [0.1, 0.15) is 5.82 Å². The molecule has 2 rings (SSSR count). The monoisotopic (exact) mass is 310 g/mol. The van der Waals surface area contributed by atoms with E-state index in [9.17, 15) is 10.1 Å². The fraction of sp³-hybridized carbons (Fsp3) is 0.182. The topological polar surface area (TPSA) is 73.0 Å². The van der Waals surface area contributed by atoms with Gasteiger partial charge >= 0.3 is 0 Å². The molecule has 0 atom stereocenters. The molecule has 0 unspecified atom stereocenters. The highest BCUT2D eigenvalue weighted by Gasteiger charge is 2.12. The summed E-state index contributed by atoms with van der Waals surface area (Å²) in [5, 5.41) is 13.9.